The molecule has 5 heteroatoms. The Morgan fingerprint density at radius 3 is 1.44 bits per heavy atom. The fourth-order valence-electron chi connectivity index (χ4n) is 1.21. The molecule has 0 N–H and O–H groups in total. The molecule has 0 radical (unpaired) electrons. The molecule has 0 spiro atoms. The van der Waals surface area contributed by atoms with Gasteiger partial charge in [0.1, 0.15) is 0 Å². The molecule has 88 valence electrons. The monoisotopic (exact) mass is 238 g/mol. The van der Waals surface area contributed by atoms with Crippen LogP contribution in [-0.2, 0) is 0 Å². The lowest BCUT2D eigenvalue weighted by Gasteiger charge is -1.89. The molecule has 0 saturated heterocycles. The fourth-order valence-corrected chi connectivity index (χ4v) is 1.21. The normalized spacial score (nSPS) is 11.1. The van der Waals surface area contributed by atoms with Gasteiger partial charge in [-0.1, -0.05) is 46.6 Å². The summed E-state index contributed by atoms with van der Waals surface area (Å²) in [7, 11) is 0. The summed E-state index contributed by atoms with van der Waals surface area (Å²) in [4.78, 5) is 11.3. The maximum Gasteiger partial charge on any atom is 0.404 e. The zero-order chi connectivity index (χ0) is 12.6. The van der Waals surface area contributed by atoms with E-state index < -0.39 is 6.03 Å². The third-order valence-electron chi connectivity index (χ3n) is 2.01. The first kappa shape index (κ1) is 11.8. The van der Waals surface area contributed by atoms with Gasteiger partial charge in [0.15, 0.2) is 0 Å². The van der Waals surface area contributed by atoms with Crippen molar-refractivity contribution in [2.24, 2.45) is 20.5 Å². The lowest BCUT2D eigenvalue weighted by Crippen LogP contribution is -1.78. The van der Waals surface area contributed by atoms with E-state index >= 15 is 0 Å². The molecule has 0 bridgehead atoms. The number of azo groups is 2. The number of benzene rings is 2. The maximum atomic E-state index is 11.3. The molecule has 0 fully saturated rings. The molecule has 5 nitrogen and oxygen atoms in total. The van der Waals surface area contributed by atoms with Gasteiger partial charge in [0, 0.05) is 0 Å². The van der Waals surface area contributed by atoms with E-state index in [1.165, 1.54) is 0 Å². The summed E-state index contributed by atoms with van der Waals surface area (Å²) in [6.07, 6.45) is 0. The topological polar surface area (TPSA) is 66.5 Å². The number of nitrogens with zero attached hydrogens (tertiary/aromatic N) is 4. The highest BCUT2D eigenvalue weighted by Crippen LogP contribution is 2.12. The van der Waals surface area contributed by atoms with Crippen molar-refractivity contribution in [1.29, 1.82) is 0 Å². The Bertz CT molecular complexity index is 513. The van der Waals surface area contributed by atoms with Gasteiger partial charge in [-0.25, -0.2) is 4.79 Å². The van der Waals surface area contributed by atoms with Gasteiger partial charge in [-0.3, -0.25) is 0 Å². The van der Waals surface area contributed by atoms with Gasteiger partial charge in [0.2, 0.25) is 0 Å². The highest BCUT2D eigenvalue weighted by atomic mass is 16.2. The van der Waals surface area contributed by atoms with E-state index in [2.05, 4.69) is 20.5 Å². The van der Waals surface area contributed by atoms with Gasteiger partial charge >= 0.3 is 6.03 Å². The molecule has 2 rings (SSSR count). The Morgan fingerprint density at radius 1 is 0.667 bits per heavy atom. The average Bonchev–Trinajstić information content (AvgIpc) is 2.45. The molecule has 0 unspecified atom stereocenters. The molecule has 0 heterocycles. The van der Waals surface area contributed by atoms with Gasteiger partial charge in [0.25, 0.3) is 0 Å². The van der Waals surface area contributed by atoms with Gasteiger partial charge in [-0.15, -0.1) is 10.2 Å². The van der Waals surface area contributed by atoms with Crippen LogP contribution in [0, 0.1) is 0 Å². The number of rotatable bonds is 2. The first-order chi connectivity index (χ1) is 8.84. The van der Waals surface area contributed by atoms with Gasteiger partial charge in [-0.2, -0.15) is 0 Å². The third kappa shape index (κ3) is 3.71. The van der Waals surface area contributed by atoms with Crippen molar-refractivity contribution in [3.05, 3.63) is 60.7 Å². The number of urea groups is 1. The van der Waals surface area contributed by atoms with Crippen molar-refractivity contribution in [2.45, 2.75) is 0 Å². The highest BCUT2D eigenvalue weighted by molar-refractivity contribution is 5.75. The molecule has 18 heavy (non-hydrogen) atoms. The summed E-state index contributed by atoms with van der Waals surface area (Å²) in [6.45, 7) is 0. The van der Waals surface area contributed by atoms with Crippen molar-refractivity contribution in [2.75, 3.05) is 0 Å². The van der Waals surface area contributed by atoms with Crippen LogP contribution in [0.25, 0.3) is 0 Å². The van der Waals surface area contributed by atoms with Crippen molar-refractivity contribution < 1.29 is 4.79 Å². The molecule has 0 aliphatic carbocycles. The smallest absolute Gasteiger partial charge is 0.240 e. The van der Waals surface area contributed by atoms with E-state index in [0.717, 1.165) is 0 Å². The molecule has 0 atom stereocenters. The molecular formula is C13H10N4O. The molecular weight excluding hydrogens is 228 g/mol. The molecule has 0 aromatic heterocycles. The van der Waals surface area contributed by atoms with Crippen LogP contribution in [0.4, 0.5) is 16.2 Å². The minimum atomic E-state index is -0.734. The van der Waals surface area contributed by atoms with Crippen molar-refractivity contribution >= 4 is 17.4 Å². The fraction of sp³-hybridized carbons (Fsp3) is 0. The van der Waals surface area contributed by atoms with Gasteiger partial charge < -0.3 is 0 Å². The predicted octanol–water partition coefficient (Wildman–Crippen LogP) is 4.67. The Balaban J connectivity index is 1.97. The summed E-state index contributed by atoms with van der Waals surface area (Å²) < 4.78 is 0. The second-order valence-corrected chi connectivity index (χ2v) is 3.35. The van der Waals surface area contributed by atoms with Crippen molar-refractivity contribution in [1.82, 2.24) is 0 Å². The Kier molecular flexibility index (Phi) is 4.02. The second kappa shape index (κ2) is 6.15. The van der Waals surface area contributed by atoms with Crippen molar-refractivity contribution in [3.8, 4) is 0 Å². The number of hydrogen-bond acceptors (Lipinski definition) is 3. The summed E-state index contributed by atoms with van der Waals surface area (Å²) >= 11 is 0. The van der Waals surface area contributed by atoms with E-state index in [9.17, 15) is 4.79 Å². The molecule has 0 aliphatic heterocycles. The molecule has 0 aliphatic rings. The maximum absolute atomic E-state index is 11.3. The van der Waals surface area contributed by atoms with Gasteiger partial charge in [0.05, 0.1) is 11.4 Å². The second-order valence-electron chi connectivity index (χ2n) is 3.35. The van der Waals surface area contributed by atoms with Crippen LogP contribution in [0.3, 0.4) is 0 Å². The van der Waals surface area contributed by atoms with Crippen LogP contribution in [0.2, 0.25) is 0 Å². The van der Waals surface area contributed by atoms with Crippen LogP contribution < -0.4 is 0 Å². The van der Waals surface area contributed by atoms with Crippen LogP contribution in [-0.4, -0.2) is 6.03 Å². The summed E-state index contributed by atoms with van der Waals surface area (Å²) in [6, 6.07) is 17.2. The lowest BCUT2D eigenvalue weighted by atomic mass is 10.3. The van der Waals surface area contributed by atoms with Crippen LogP contribution in [0.1, 0.15) is 0 Å². The number of hydrogen-bond donors (Lipinski definition) is 0. The minimum Gasteiger partial charge on any atom is -0.240 e. The molecule has 2 amide bonds. The van der Waals surface area contributed by atoms with E-state index in [1.54, 1.807) is 24.3 Å². The Labute approximate surface area is 104 Å². The largest absolute Gasteiger partial charge is 0.404 e. The van der Waals surface area contributed by atoms with Crippen LogP contribution in [0.5, 0.6) is 0 Å². The molecule has 2 aromatic rings. The van der Waals surface area contributed by atoms with Crippen molar-refractivity contribution in [3.63, 3.8) is 0 Å². The Morgan fingerprint density at radius 2 is 1.06 bits per heavy atom. The van der Waals surface area contributed by atoms with Crippen LogP contribution in [0.15, 0.2) is 81.1 Å². The number of carbonyl (C=O) groups is 1. The average molecular weight is 238 g/mol. The van der Waals surface area contributed by atoms with E-state index in [4.69, 9.17) is 0 Å². The first-order valence-electron chi connectivity index (χ1n) is 5.32. The van der Waals surface area contributed by atoms with E-state index in [0.29, 0.717) is 11.4 Å². The first-order valence-corrected chi connectivity index (χ1v) is 5.32. The summed E-state index contributed by atoms with van der Waals surface area (Å²) in [5.41, 5.74) is 1.20. The van der Waals surface area contributed by atoms with Crippen LogP contribution >= 0.6 is 0 Å². The zero-order valence-corrected chi connectivity index (χ0v) is 9.47. The van der Waals surface area contributed by atoms with Gasteiger partial charge in [-0.05, 0) is 24.3 Å². The van der Waals surface area contributed by atoms with E-state index in [-0.39, 0.29) is 0 Å². The predicted molar refractivity (Wildman–Crippen MR) is 67.3 cm³/mol. The quantitative estimate of drug-likeness (QED) is 0.700. The molecule has 0 saturated carbocycles. The Hall–Kier alpha value is -2.69. The summed E-state index contributed by atoms with van der Waals surface area (Å²) in [5, 5.41) is 14.4. The number of carbonyl (C=O) groups excluding carboxylic acids is 1. The SMILES string of the molecule is O=C(/N=N/c1ccccc1)/N=N/c1ccccc1. The lowest BCUT2D eigenvalue weighted by molar-refractivity contribution is 0.254. The summed E-state index contributed by atoms with van der Waals surface area (Å²) in [5.74, 6) is 0. The molecule has 2 aromatic carbocycles. The third-order valence-corrected chi connectivity index (χ3v) is 2.01. The standard InChI is InChI=1S/C13H10N4O/c18-13(16-14-11-7-3-1-4-8-11)17-15-12-9-5-2-6-10-12/h1-10H/b16-14+,17-15+. The zero-order valence-electron chi connectivity index (χ0n) is 9.47. The minimum absolute atomic E-state index is 0.598. The van der Waals surface area contributed by atoms with E-state index in [1.807, 2.05) is 36.4 Å². The number of amides is 2. The highest BCUT2D eigenvalue weighted by Gasteiger charge is 1.95.